The molecule has 4 heterocycles. The van der Waals surface area contributed by atoms with Crippen LogP contribution in [0.4, 0.5) is 11.8 Å². The van der Waals surface area contributed by atoms with Crippen molar-refractivity contribution in [1.82, 2.24) is 30.0 Å². The van der Waals surface area contributed by atoms with Gasteiger partial charge in [-0.1, -0.05) is 13.3 Å². The minimum Gasteiger partial charge on any atom is -0.354 e. The first-order valence-corrected chi connectivity index (χ1v) is 12.9. The number of unbranched alkanes of at least 4 members (excludes halogenated alkanes) is 1. The monoisotopic (exact) mass is 463 g/mol. The van der Waals surface area contributed by atoms with Crippen molar-refractivity contribution in [2.24, 2.45) is 11.7 Å². The van der Waals surface area contributed by atoms with Crippen LogP contribution in [0.25, 0.3) is 22.3 Å². The fraction of sp³-hybridized carbons (Fsp3) is 0.600. The summed E-state index contributed by atoms with van der Waals surface area (Å²) in [5.41, 5.74) is 8.94. The van der Waals surface area contributed by atoms with Gasteiger partial charge in [0.25, 0.3) is 0 Å². The van der Waals surface area contributed by atoms with Gasteiger partial charge in [-0.05, 0) is 50.2 Å². The second-order valence-corrected chi connectivity index (χ2v) is 9.66. The number of nitrogens with zero attached hydrogens (tertiary/aromatic N) is 6. The molecule has 4 N–H and O–H groups in total. The van der Waals surface area contributed by atoms with Crippen LogP contribution in [0.3, 0.4) is 0 Å². The Balaban J connectivity index is 1.44. The second-order valence-electron chi connectivity index (χ2n) is 9.66. The van der Waals surface area contributed by atoms with Crippen LogP contribution in [0.1, 0.15) is 45.4 Å². The summed E-state index contributed by atoms with van der Waals surface area (Å²) in [6, 6.07) is 4.58. The van der Waals surface area contributed by atoms with Crippen LogP contribution in [0.2, 0.25) is 0 Å². The molecule has 1 saturated heterocycles. The molecule has 0 amide bonds. The standard InChI is InChI=1S/C25H37N9/c1-2-3-10-28-25-30-16-21-23(19-6-9-22(29-15-19)33-13-11-27-12-14-33)32-34(24(21)31-25)17-18-4-7-20(26)8-5-18/h6,9,15-16,18,20,27H,2-5,7-8,10-14,17,26H2,1H3,(H,28,30,31)/t18-,20-. The highest BCUT2D eigenvalue weighted by Gasteiger charge is 2.22. The van der Waals surface area contributed by atoms with Gasteiger partial charge in [0.2, 0.25) is 5.95 Å². The van der Waals surface area contributed by atoms with Crippen LogP contribution >= 0.6 is 0 Å². The maximum absolute atomic E-state index is 6.14. The number of nitrogens with two attached hydrogens (primary N) is 1. The molecule has 182 valence electrons. The number of piperazine rings is 1. The Bertz CT molecular complexity index is 1060. The van der Waals surface area contributed by atoms with E-state index >= 15 is 0 Å². The lowest BCUT2D eigenvalue weighted by molar-refractivity contribution is 0.288. The van der Waals surface area contributed by atoms with Crippen molar-refractivity contribution in [2.75, 3.05) is 42.9 Å². The van der Waals surface area contributed by atoms with Crippen molar-refractivity contribution >= 4 is 22.8 Å². The Morgan fingerprint density at radius 1 is 1.09 bits per heavy atom. The summed E-state index contributed by atoms with van der Waals surface area (Å²) in [6.07, 6.45) is 10.6. The summed E-state index contributed by atoms with van der Waals surface area (Å²) in [5, 5.41) is 12.8. The molecule has 9 heteroatoms. The highest BCUT2D eigenvalue weighted by molar-refractivity contribution is 5.91. The zero-order chi connectivity index (χ0) is 23.3. The molecule has 1 aliphatic heterocycles. The first-order valence-electron chi connectivity index (χ1n) is 12.9. The van der Waals surface area contributed by atoms with Crippen molar-refractivity contribution in [3.8, 4) is 11.3 Å². The van der Waals surface area contributed by atoms with Crippen molar-refractivity contribution in [1.29, 1.82) is 0 Å². The topological polar surface area (TPSA) is 110 Å². The summed E-state index contributed by atoms with van der Waals surface area (Å²) >= 11 is 0. The number of nitrogens with one attached hydrogen (secondary N) is 2. The average Bonchev–Trinajstić information content (AvgIpc) is 3.24. The fourth-order valence-electron chi connectivity index (χ4n) is 4.98. The zero-order valence-corrected chi connectivity index (χ0v) is 20.2. The largest absolute Gasteiger partial charge is 0.354 e. The molecular weight excluding hydrogens is 426 g/mol. The maximum atomic E-state index is 6.14. The Labute approximate surface area is 201 Å². The number of fused-ring (bicyclic) bond motifs is 1. The molecule has 3 aromatic heterocycles. The highest BCUT2D eigenvalue weighted by Crippen LogP contribution is 2.31. The molecule has 5 rings (SSSR count). The second kappa shape index (κ2) is 10.7. The van der Waals surface area contributed by atoms with E-state index < -0.39 is 0 Å². The quantitative estimate of drug-likeness (QED) is 0.437. The van der Waals surface area contributed by atoms with E-state index in [1.165, 1.54) is 0 Å². The zero-order valence-electron chi connectivity index (χ0n) is 20.2. The molecule has 0 unspecified atom stereocenters. The van der Waals surface area contributed by atoms with Crippen molar-refractivity contribution in [3.63, 3.8) is 0 Å². The molecule has 0 radical (unpaired) electrons. The predicted molar refractivity (Wildman–Crippen MR) is 137 cm³/mol. The molecule has 2 fully saturated rings. The van der Waals surface area contributed by atoms with E-state index in [9.17, 15) is 0 Å². The molecule has 2 aliphatic rings. The molecule has 34 heavy (non-hydrogen) atoms. The van der Waals surface area contributed by atoms with Crippen LogP contribution in [0.5, 0.6) is 0 Å². The third-order valence-electron chi connectivity index (χ3n) is 7.09. The SMILES string of the molecule is CCCCNc1ncc2c(-c3ccc(N4CCNCC4)nc3)nn(C[C@H]3CC[C@H](N)CC3)c2n1. The summed E-state index contributed by atoms with van der Waals surface area (Å²) in [6.45, 7) is 7.88. The third kappa shape index (κ3) is 5.15. The van der Waals surface area contributed by atoms with Gasteiger partial charge in [0, 0.05) is 63.3 Å². The van der Waals surface area contributed by atoms with E-state index in [1.807, 2.05) is 12.4 Å². The third-order valence-corrected chi connectivity index (χ3v) is 7.09. The minimum atomic E-state index is 0.346. The summed E-state index contributed by atoms with van der Waals surface area (Å²) in [4.78, 5) is 16.6. The van der Waals surface area contributed by atoms with Gasteiger partial charge in [-0.15, -0.1) is 0 Å². The molecule has 9 nitrogen and oxygen atoms in total. The van der Waals surface area contributed by atoms with E-state index in [4.69, 9.17) is 20.8 Å². The predicted octanol–water partition coefficient (Wildman–Crippen LogP) is 3.03. The number of hydrogen-bond acceptors (Lipinski definition) is 8. The Kier molecular flexibility index (Phi) is 7.20. The van der Waals surface area contributed by atoms with Crippen molar-refractivity contribution in [2.45, 2.75) is 58.0 Å². The van der Waals surface area contributed by atoms with Gasteiger partial charge in [-0.2, -0.15) is 10.1 Å². The molecular formula is C25H37N9. The van der Waals surface area contributed by atoms with Crippen LogP contribution < -0.4 is 21.3 Å². The summed E-state index contributed by atoms with van der Waals surface area (Å²) in [5.74, 6) is 2.27. The van der Waals surface area contributed by atoms with E-state index in [2.05, 4.69) is 44.3 Å². The van der Waals surface area contributed by atoms with Crippen LogP contribution in [0, 0.1) is 5.92 Å². The van der Waals surface area contributed by atoms with E-state index in [0.717, 1.165) is 106 Å². The van der Waals surface area contributed by atoms with Gasteiger partial charge in [0.05, 0.1) is 5.39 Å². The number of aromatic nitrogens is 5. The number of rotatable bonds is 8. The van der Waals surface area contributed by atoms with Crippen LogP contribution in [0.15, 0.2) is 24.5 Å². The molecule has 0 aromatic carbocycles. The fourth-order valence-corrected chi connectivity index (χ4v) is 4.98. The average molecular weight is 464 g/mol. The smallest absolute Gasteiger partial charge is 0.224 e. The summed E-state index contributed by atoms with van der Waals surface area (Å²) in [7, 11) is 0. The van der Waals surface area contributed by atoms with Gasteiger partial charge in [-0.25, -0.2) is 14.6 Å². The number of hydrogen-bond donors (Lipinski definition) is 3. The molecule has 0 bridgehead atoms. The Hall–Kier alpha value is -2.78. The Morgan fingerprint density at radius 2 is 1.91 bits per heavy atom. The van der Waals surface area contributed by atoms with Crippen molar-refractivity contribution in [3.05, 3.63) is 24.5 Å². The first kappa shape index (κ1) is 23.0. The highest BCUT2D eigenvalue weighted by atomic mass is 15.3. The summed E-state index contributed by atoms with van der Waals surface area (Å²) < 4.78 is 2.09. The Morgan fingerprint density at radius 3 is 2.65 bits per heavy atom. The van der Waals surface area contributed by atoms with E-state index in [1.54, 1.807) is 0 Å². The molecule has 0 spiro atoms. The van der Waals surface area contributed by atoms with Gasteiger partial charge in [0.1, 0.15) is 11.5 Å². The first-order chi connectivity index (χ1) is 16.7. The van der Waals surface area contributed by atoms with Crippen molar-refractivity contribution < 1.29 is 0 Å². The molecule has 0 atom stereocenters. The van der Waals surface area contributed by atoms with Crippen LogP contribution in [-0.4, -0.2) is 63.5 Å². The lowest BCUT2D eigenvalue weighted by Crippen LogP contribution is -2.43. The molecule has 3 aromatic rings. The number of anilines is 2. The van der Waals surface area contributed by atoms with Gasteiger partial charge in [0.15, 0.2) is 5.65 Å². The normalized spacial score (nSPS) is 21.2. The van der Waals surface area contributed by atoms with Gasteiger partial charge < -0.3 is 21.3 Å². The number of pyridine rings is 1. The minimum absolute atomic E-state index is 0.346. The maximum Gasteiger partial charge on any atom is 0.224 e. The van der Waals surface area contributed by atoms with E-state index in [-0.39, 0.29) is 0 Å². The van der Waals surface area contributed by atoms with Crippen LogP contribution in [-0.2, 0) is 6.54 Å². The molecule has 1 aliphatic carbocycles. The molecule has 1 saturated carbocycles. The van der Waals surface area contributed by atoms with Gasteiger partial charge >= 0.3 is 0 Å². The lowest BCUT2D eigenvalue weighted by atomic mass is 9.86. The lowest BCUT2D eigenvalue weighted by Gasteiger charge is -2.28. The van der Waals surface area contributed by atoms with Gasteiger partial charge in [-0.3, -0.25) is 0 Å². The van der Waals surface area contributed by atoms with E-state index in [0.29, 0.717) is 17.9 Å².